The van der Waals surface area contributed by atoms with Gasteiger partial charge in [-0.25, -0.2) is 4.68 Å². The molecule has 0 aliphatic heterocycles. The van der Waals surface area contributed by atoms with Crippen molar-refractivity contribution >= 4 is 16.7 Å². The summed E-state index contributed by atoms with van der Waals surface area (Å²) >= 11 is 0. The molecule has 0 spiro atoms. The van der Waals surface area contributed by atoms with Crippen LogP contribution in [0.25, 0.3) is 10.8 Å². The molecular formula is C21H21N3O2. The second-order valence-corrected chi connectivity index (χ2v) is 6.70. The third-order valence-electron chi connectivity index (χ3n) is 4.90. The van der Waals surface area contributed by atoms with E-state index in [9.17, 15) is 9.59 Å². The molecule has 1 aliphatic rings. The van der Waals surface area contributed by atoms with E-state index in [1.54, 1.807) is 6.07 Å². The van der Waals surface area contributed by atoms with Crippen molar-refractivity contribution in [2.75, 3.05) is 6.54 Å². The van der Waals surface area contributed by atoms with Crippen LogP contribution >= 0.6 is 0 Å². The van der Waals surface area contributed by atoms with Crippen molar-refractivity contribution in [2.45, 2.75) is 32.2 Å². The number of amides is 1. The van der Waals surface area contributed by atoms with E-state index in [1.807, 2.05) is 42.5 Å². The topological polar surface area (TPSA) is 64.0 Å². The van der Waals surface area contributed by atoms with Crippen LogP contribution in [0.15, 0.2) is 53.3 Å². The highest BCUT2D eigenvalue weighted by molar-refractivity contribution is 5.90. The molecule has 0 atom stereocenters. The molecule has 0 bridgehead atoms. The summed E-state index contributed by atoms with van der Waals surface area (Å²) in [5.74, 6) is -0.0458. The van der Waals surface area contributed by atoms with Gasteiger partial charge in [0.05, 0.1) is 18.7 Å². The van der Waals surface area contributed by atoms with E-state index in [4.69, 9.17) is 0 Å². The summed E-state index contributed by atoms with van der Waals surface area (Å²) in [5, 5.41) is 9.56. The number of nitrogens with one attached hydrogen (secondary N) is 1. The zero-order chi connectivity index (χ0) is 17.9. The summed E-state index contributed by atoms with van der Waals surface area (Å²) in [5.41, 5.74) is 3.01. The van der Waals surface area contributed by atoms with Crippen LogP contribution in [-0.2, 0) is 30.6 Å². The number of carbonyl (C=O) groups is 1. The van der Waals surface area contributed by atoms with Crippen molar-refractivity contribution in [2.24, 2.45) is 0 Å². The number of fused-ring (bicyclic) bond motifs is 2. The lowest BCUT2D eigenvalue weighted by atomic mass is 10.0. The summed E-state index contributed by atoms with van der Waals surface area (Å²) in [6, 6.07) is 15.7. The van der Waals surface area contributed by atoms with Crippen molar-refractivity contribution in [3.8, 4) is 0 Å². The monoisotopic (exact) mass is 347 g/mol. The third kappa shape index (κ3) is 3.38. The second kappa shape index (κ2) is 7.12. The Balaban J connectivity index is 1.38. The van der Waals surface area contributed by atoms with Crippen LogP contribution in [0, 0.1) is 0 Å². The van der Waals surface area contributed by atoms with Gasteiger partial charge in [-0.3, -0.25) is 9.59 Å². The number of rotatable bonds is 5. The lowest BCUT2D eigenvalue weighted by molar-refractivity contribution is -0.120. The fourth-order valence-corrected chi connectivity index (χ4v) is 3.58. The minimum Gasteiger partial charge on any atom is -0.354 e. The summed E-state index contributed by atoms with van der Waals surface area (Å²) in [7, 11) is 0. The van der Waals surface area contributed by atoms with Crippen molar-refractivity contribution < 1.29 is 4.79 Å². The fraction of sp³-hybridized carbons (Fsp3) is 0.286. The van der Waals surface area contributed by atoms with Crippen LogP contribution in [0.4, 0.5) is 0 Å². The maximum absolute atomic E-state index is 12.3. The average molecular weight is 347 g/mol. The van der Waals surface area contributed by atoms with E-state index in [1.165, 1.54) is 4.68 Å². The van der Waals surface area contributed by atoms with E-state index in [0.717, 1.165) is 46.9 Å². The molecule has 0 saturated heterocycles. The van der Waals surface area contributed by atoms with Crippen LogP contribution in [0.2, 0.25) is 0 Å². The smallest absolute Gasteiger partial charge is 0.267 e. The quantitative estimate of drug-likeness (QED) is 0.770. The molecular weight excluding hydrogens is 326 g/mol. The summed E-state index contributed by atoms with van der Waals surface area (Å²) in [6.07, 6.45) is 3.27. The molecule has 3 aromatic rings. The van der Waals surface area contributed by atoms with E-state index in [2.05, 4.69) is 10.4 Å². The van der Waals surface area contributed by atoms with Gasteiger partial charge in [0.15, 0.2) is 0 Å². The van der Waals surface area contributed by atoms with Crippen molar-refractivity contribution in [1.82, 2.24) is 15.1 Å². The minimum absolute atomic E-state index is 0.0458. The molecule has 1 N–H and O–H groups in total. The van der Waals surface area contributed by atoms with Gasteiger partial charge in [-0.2, -0.15) is 5.10 Å². The highest BCUT2D eigenvalue weighted by Gasteiger charge is 2.14. The predicted octanol–water partition coefficient (Wildman–Crippen LogP) is 2.24. The minimum atomic E-state index is -0.0889. The van der Waals surface area contributed by atoms with Crippen LogP contribution in [-0.4, -0.2) is 22.2 Å². The Bertz CT molecular complexity index is 1020. The van der Waals surface area contributed by atoms with Gasteiger partial charge >= 0.3 is 0 Å². The molecule has 0 fully saturated rings. The Hall–Kier alpha value is -2.95. The van der Waals surface area contributed by atoms with Crippen LogP contribution < -0.4 is 10.9 Å². The van der Waals surface area contributed by atoms with Crippen molar-refractivity contribution in [3.05, 3.63) is 75.7 Å². The lowest BCUT2D eigenvalue weighted by Crippen LogP contribution is -2.33. The van der Waals surface area contributed by atoms with Gasteiger partial charge in [0.25, 0.3) is 5.56 Å². The normalized spacial score (nSPS) is 12.9. The Morgan fingerprint density at radius 2 is 1.96 bits per heavy atom. The fourth-order valence-electron chi connectivity index (χ4n) is 3.58. The Morgan fingerprint density at radius 3 is 2.88 bits per heavy atom. The van der Waals surface area contributed by atoms with Gasteiger partial charge in [0, 0.05) is 12.6 Å². The molecule has 1 heterocycles. The first-order valence-corrected chi connectivity index (χ1v) is 9.04. The highest BCUT2D eigenvalue weighted by Crippen LogP contribution is 2.19. The molecule has 132 valence electrons. The standard InChI is InChI=1S/C21H21N3O2/c25-20(13-16-7-3-6-15-5-1-2-9-18(15)16)22-11-12-24-21(26)14-17-8-4-10-19(17)23-24/h1-3,5-7,9,14H,4,8,10-13H2,(H,22,25). The molecule has 0 radical (unpaired) electrons. The van der Waals surface area contributed by atoms with E-state index >= 15 is 0 Å². The zero-order valence-corrected chi connectivity index (χ0v) is 14.6. The van der Waals surface area contributed by atoms with Gasteiger partial charge in [0.1, 0.15) is 0 Å². The molecule has 4 rings (SSSR count). The molecule has 0 unspecified atom stereocenters. The number of carbonyl (C=O) groups excluding carboxylic acids is 1. The van der Waals surface area contributed by atoms with Gasteiger partial charge in [-0.1, -0.05) is 42.5 Å². The summed E-state index contributed by atoms with van der Waals surface area (Å²) < 4.78 is 1.46. The second-order valence-electron chi connectivity index (χ2n) is 6.70. The largest absolute Gasteiger partial charge is 0.354 e. The molecule has 1 aromatic heterocycles. The highest BCUT2D eigenvalue weighted by atomic mass is 16.1. The zero-order valence-electron chi connectivity index (χ0n) is 14.6. The van der Waals surface area contributed by atoms with Gasteiger partial charge in [-0.15, -0.1) is 0 Å². The Kier molecular flexibility index (Phi) is 4.52. The summed E-state index contributed by atoms with van der Waals surface area (Å²) in [6.45, 7) is 0.794. The number of nitrogens with zero attached hydrogens (tertiary/aromatic N) is 2. The van der Waals surface area contributed by atoms with E-state index in [0.29, 0.717) is 19.5 Å². The van der Waals surface area contributed by atoms with E-state index < -0.39 is 0 Å². The summed E-state index contributed by atoms with van der Waals surface area (Å²) in [4.78, 5) is 24.4. The van der Waals surface area contributed by atoms with Crippen LogP contribution in [0.1, 0.15) is 23.2 Å². The molecule has 5 heteroatoms. The molecule has 2 aromatic carbocycles. The predicted molar refractivity (Wildman–Crippen MR) is 101 cm³/mol. The maximum Gasteiger partial charge on any atom is 0.267 e. The Labute approximate surface area is 151 Å². The average Bonchev–Trinajstić information content (AvgIpc) is 3.09. The third-order valence-corrected chi connectivity index (χ3v) is 4.90. The molecule has 1 aliphatic carbocycles. The maximum atomic E-state index is 12.3. The van der Waals surface area contributed by atoms with Crippen molar-refractivity contribution in [1.29, 1.82) is 0 Å². The van der Waals surface area contributed by atoms with Crippen LogP contribution in [0.3, 0.4) is 0 Å². The van der Waals surface area contributed by atoms with Gasteiger partial charge in [0.2, 0.25) is 5.91 Å². The number of benzene rings is 2. The number of hydrogen-bond donors (Lipinski definition) is 1. The number of hydrogen-bond acceptors (Lipinski definition) is 3. The molecule has 5 nitrogen and oxygen atoms in total. The van der Waals surface area contributed by atoms with Gasteiger partial charge in [-0.05, 0) is 41.2 Å². The van der Waals surface area contributed by atoms with Crippen LogP contribution in [0.5, 0.6) is 0 Å². The molecule has 1 amide bonds. The van der Waals surface area contributed by atoms with Gasteiger partial charge < -0.3 is 5.32 Å². The van der Waals surface area contributed by atoms with E-state index in [-0.39, 0.29) is 11.5 Å². The first-order valence-electron chi connectivity index (χ1n) is 9.04. The molecule has 0 saturated carbocycles. The van der Waals surface area contributed by atoms with Crippen molar-refractivity contribution in [3.63, 3.8) is 0 Å². The SMILES string of the molecule is O=C(Cc1cccc2ccccc12)NCCn1nc2c(cc1=O)CCC2. The molecule has 26 heavy (non-hydrogen) atoms. The number of aryl methyl sites for hydroxylation is 2. The number of aromatic nitrogens is 2. The first kappa shape index (κ1) is 16.5. The Morgan fingerprint density at radius 1 is 1.12 bits per heavy atom. The lowest BCUT2D eigenvalue weighted by Gasteiger charge is -2.09. The first-order chi connectivity index (χ1) is 12.7.